The van der Waals surface area contributed by atoms with E-state index in [1.807, 2.05) is 26.0 Å². The molecule has 3 fully saturated rings. The second-order valence-corrected chi connectivity index (χ2v) is 7.74. The standard InChI is InChI=1S/C17H18BrNO3/c1-7-3-10(18)4-8(2)15(7)19-16(20)13-9-5-11-12(6-9)22-17(21)14(11)13/h3-4,9,11-14H,5-6H2,1-2H3,(H,19,20)/t9-,11+,12-,13-,14+/m1/s1. The minimum Gasteiger partial charge on any atom is -0.462 e. The van der Waals surface area contributed by atoms with E-state index in [9.17, 15) is 9.59 Å². The van der Waals surface area contributed by atoms with Crippen molar-refractivity contribution in [3.63, 3.8) is 0 Å². The summed E-state index contributed by atoms with van der Waals surface area (Å²) in [5, 5.41) is 3.07. The Morgan fingerprint density at radius 1 is 1.27 bits per heavy atom. The SMILES string of the molecule is Cc1cc(Br)cc(C)c1NC(=O)[C@@H]1[C@@H]2C[C@@H]3[C@@H]1C(=O)O[C@@H]3C2. The molecule has 1 heterocycles. The predicted molar refractivity (Wildman–Crippen MR) is 85.3 cm³/mol. The van der Waals surface area contributed by atoms with Gasteiger partial charge in [-0.3, -0.25) is 9.59 Å². The lowest BCUT2D eigenvalue weighted by atomic mass is 9.79. The molecule has 2 aliphatic carbocycles. The van der Waals surface area contributed by atoms with E-state index < -0.39 is 0 Å². The molecule has 1 aromatic rings. The number of hydrogen-bond acceptors (Lipinski definition) is 3. The molecule has 0 spiro atoms. The van der Waals surface area contributed by atoms with Crippen molar-refractivity contribution >= 4 is 33.5 Å². The lowest BCUT2D eigenvalue weighted by molar-refractivity contribution is -0.145. The van der Waals surface area contributed by atoms with E-state index >= 15 is 0 Å². The Morgan fingerprint density at radius 2 is 1.95 bits per heavy atom. The summed E-state index contributed by atoms with van der Waals surface area (Å²) < 4.78 is 6.41. The molecule has 0 unspecified atom stereocenters. The van der Waals surface area contributed by atoms with Crippen molar-refractivity contribution in [2.75, 3.05) is 5.32 Å². The van der Waals surface area contributed by atoms with Crippen LogP contribution in [0.1, 0.15) is 24.0 Å². The van der Waals surface area contributed by atoms with Crippen molar-refractivity contribution in [2.24, 2.45) is 23.7 Å². The second kappa shape index (κ2) is 4.82. The van der Waals surface area contributed by atoms with Gasteiger partial charge < -0.3 is 10.1 Å². The largest absolute Gasteiger partial charge is 0.462 e. The molecule has 1 aliphatic heterocycles. The van der Waals surface area contributed by atoms with Gasteiger partial charge in [0.05, 0.1) is 11.8 Å². The third-order valence-corrected chi connectivity index (χ3v) is 5.99. The number of amides is 1. The van der Waals surface area contributed by atoms with Crippen LogP contribution in [0.15, 0.2) is 16.6 Å². The first-order valence-electron chi connectivity index (χ1n) is 7.74. The summed E-state index contributed by atoms with van der Waals surface area (Å²) in [7, 11) is 0. The number of esters is 1. The van der Waals surface area contributed by atoms with Gasteiger partial charge in [0.2, 0.25) is 5.91 Å². The van der Waals surface area contributed by atoms with Gasteiger partial charge >= 0.3 is 5.97 Å². The van der Waals surface area contributed by atoms with E-state index in [2.05, 4.69) is 21.2 Å². The summed E-state index contributed by atoms with van der Waals surface area (Å²) in [6.45, 7) is 3.96. The highest BCUT2D eigenvalue weighted by atomic mass is 79.9. The van der Waals surface area contributed by atoms with Crippen LogP contribution >= 0.6 is 15.9 Å². The smallest absolute Gasteiger partial charge is 0.310 e. The van der Waals surface area contributed by atoms with Crippen molar-refractivity contribution in [1.29, 1.82) is 0 Å². The number of halogens is 1. The first-order valence-corrected chi connectivity index (χ1v) is 8.53. The molecule has 0 aromatic heterocycles. The number of fused-ring (bicyclic) bond motifs is 1. The Kier molecular flexibility index (Phi) is 3.12. The lowest BCUT2D eigenvalue weighted by Crippen LogP contribution is -2.36. The van der Waals surface area contributed by atoms with Crippen LogP contribution in [0.25, 0.3) is 0 Å². The third-order valence-electron chi connectivity index (χ3n) is 5.53. The van der Waals surface area contributed by atoms with Gasteiger partial charge in [0.15, 0.2) is 0 Å². The first-order chi connectivity index (χ1) is 10.5. The predicted octanol–water partition coefficient (Wildman–Crippen LogP) is 3.20. The first kappa shape index (κ1) is 14.2. The van der Waals surface area contributed by atoms with E-state index in [4.69, 9.17) is 4.74 Å². The topological polar surface area (TPSA) is 55.4 Å². The fourth-order valence-electron chi connectivity index (χ4n) is 4.68. The maximum atomic E-state index is 12.8. The summed E-state index contributed by atoms with van der Waals surface area (Å²) in [6, 6.07) is 3.98. The number of hydrogen-bond donors (Lipinski definition) is 1. The van der Waals surface area contributed by atoms with Gasteiger partial charge in [-0.15, -0.1) is 0 Å². The Hall–Kier alpha value is -1.36. The van der Waals surface area contributed by atoms with Crippen LogP contribution < -0.4 is 5.32 Å². The van der Waals surface area contributed by atoms with Crippen molar-refractivity contribution < 1.29 is 14.3 Å². The Labute approximate surface area is 137 Å². The molecule has 0 radical (unpaired) electrons. The monoisotopic (exact) mass is 363 g/mol. The Bertz CT molecular complexity index is 661. The average molecular weight is 364 g/mol. The van der Waals surface area contributed by atoms with Gasteiger partial charge in [-0.05, 0) is 55.9 Å². The normalized spacial score (nSPS) is 34.9. The van der Waals surface area contributed by atoms with Crippen LogP contribution in [0.3, 0.4) is 0 Å². The van der Waals surface area contributed by atoms with Crippen LogP contribution in [0.5, 0.6) is 0 Å². The molecule has 1 saturated heterocycles. The fraction of sp³-hybridized carbons (Fsp3) is 0.529. The highest BCUT2D eigenvalue weighted by molar-refractivity contribution is 9.10. The molecule has 2 saturated carbocycles. The lowest BCUT2D eigenvalue weighted by Gasteiger charge is -2.24. The molecule has 1 N–H and O–H groups in total. The summed E-state index contributed by atoms with van der Waals surface area (Å²) in [4.78, 5) is 24.8. The minimum absolute atomic E-state index is 0.0247. The summed E-state index contributed by atoms with van der Waals surface area (Å²) in [5.74, 6) is -0.0795. The van der Waals surface area contributed by atoms with Crippen LogP contribution in [0, 0.1) is 37.5 Å². The summed E-state index contributed by atoms with van der Waals surface area (Å²) in [5.41, 5.74) is 2.91. The summed E-state index contributed by atoms with van der Waals surface area (Å²) in [6.07, 6.45) is 1.88. The molecule has 3 aliphatic rings. The van der Waals surface area contributed by atoms with Crippen LogP contribution in [-0.2, 0) is 14.3 Å². The summed E-state index contributed by atoms with van der Waals surface area (Å²) >= 11 is 3.47. The van der Waals surface area contributed by atoms with Crippen molar-refractivity contribution in [3.05, 3.63) is 27.7 Å². The van der Waals surface area contributed by atoms with Gasteiger partial charge in [-0.1, -0.05) is 15.9 Å². The molecule has 5 atom stereocenters. The quantitative estimate of drug-likeness (QED) is 0.820. The number of nitrogens with one attached hydrogen (secondary N) is 1. The fourth-order valence-corrected chi connectivity index (χ4v) is 5.36. The zero-order chi connectivity index (χ0) is 15.6. The van der Waals surface area contributed by atoms with E-state index in [0.717, 1.165) is 34.1 Å². The zero-order valence-electron chi connectivity index (χ0n) is 12.6. The molecule has 1 aromatic carbocycles. The number of rotatable bonds is 2. The molecular weight excluding hydrogens is 346 g/mol. The second-order valence-electron chi connectivity index (χ2n) is 6.83. The van der Waals surface area contributed by atoms with Crippen molar-refractivity contribution in [2.45, 2.75) is 32.8 Å². The Morgan fingerprint density at radius 3 is 2.64 bits per heavy atom. The third kappa shape index (κ3) is 1.94. The highest BCUT2D eigenvalue weighted by Gasteiger charge is 2.63. The molecule has 2 bridgehead atoms. The van der Waals surface area contributed by atoms with Crippen molar-refractivity contribution in [3.8, 4) is 0 Å². The molecule has 4 nitrogen and oxygen atoms in total. The number of aryl methyl sites for hydroxylation is 2. The molecule has 4 rings (SSSR count). The zero-order valence-corrected chi connectivity index (χ0v) is 14.1. The number of ether oxygens (including phenoxy) is 1. The van der Waals surface area contributed by atoms with Gasteiger partial charge in [0.25, 0.3) is 0 Å². The van der Waals surface area contributed by atoms with Crippen LogP contribution in [0.2, 0.25) is 0 Å². The highest BCUT2D eigenvalue weighted by Crippen LogP contribution is 2.57. The number of anilines is 1. The van der Waals surface area contributed by atoms with Gasteiger partial charge in [-0.2, -0.15) is 0 Å². The van der Waals surface area contributed by atoms with Crippen LogP contribution in [-0.4, -0.2) is 18.0 Å². The average Bonchev–Trinajstić information content (AvgIpc) is 3.03. The van der Waals surface area contributed by atoms with Crippen LogP contribution in [0.4, 0.5) is 5.69 Å². The Balaban J connectivity index is 1.60. The van der Waals surface area contributed by atoms with E-state index in [-0.39, 0.29) is 35.7 Å². The molecular formula is C17H18BrNO3. The molecule has 22 heavy (non-hydrogen) atoms. The van der Waals surface area contributed by atoms with Gasteiger partial charge in [0.1, 0.15) is 6.10 Å². The molecule has 116 valence electrons. The van der Waals surface area contributed by atoms with Gasteiger partial charge in [0, 0.05) is 16.1 Å². The van der Waals surface area contributed by atoms with E-state index in [1.54, 1.807) is 0 Å². The number of benzene rings is 1. The number of carbonyl (C=O) groups is 2. The van der Waals surface area contributed by atoms with Gasteiger partial charge in [-0.25, -0.2) is 0 Å². The molecule has 1 amide bonds. The maximum Gasteiger partial charge on any atom is 0.310 e. The van der Waals surface area contributed by atoms with E-state index in [1.165, 1.54) is 0 Å². The molecule has 5 heteroatoms. The van der Waals surface area contributed by atoms with Crippen molar-refractivity contribution in [1.82, 2.24) is 0 Å². The van der Waals surface area contributed by atoms with E-state index in [0.29, 0.717) is 5.92 Å². The number of carbonyl (C=O) groups excluding carboxylic acids is 2. The maximum absolute atomic E-state index is 12.8. The minimum atomic E-state index is -0.223.